The predicted octanol–water partition coefficient (Wildman–Crippen LogP) is 1.91. The number of aromatic nitrogens is 2. The number of nitro groups is 1. The fourth-order valence-corrected chi connectivity index (χ4v) is 3.89. The van der Waals surface area contributed by atoms with Crippen molar-refractivity contribution in [2.45, 2.75) is 26.7 Å². The Balaban J connectivity index is 1.38. The van der Waals surface area contributed by atoms with Crippen molar-refractivity contribution in [3.05, 3.63) is 39.8 Å². The summed E-state index contributed by atoms with van der Waals surface area (Å²) >= 11 is 0. The molecule has 0 unspecified atom stereocenters. The second-order valence-corrected chi connectivity index (χ2v) is 8.65. The van der Waals surface area contributed by atoms with E-state index in [0.717, 1.165) is 17.3 Å². The largest absolute Gasteiger partial charge is 0.481 e. The van der Waals surface area contributed by atoms with Crippen molar-refractivity contribution in [3.8, 4) is 5.75 Å². The summed E-state index contributed by atoms with van der Waals surface area (Å²) in [4.78, 5) is 48.5. The summed E-state index contributed by atoms with van der Waals surface area (Å²) in [5, 5.41) is 16.7. The van der Waals surface area contributed by atoms with Gasteiger partial charge in [0, 0.05) is 43.9 Å². The number of ether oxygens (including phenoxy) is 1. The molecule has 1 aromatic heterocycles. The zero-order valence-electron chi connectivity index (χ0n) is 19.3. The highest BCUT2D eigenvalue weighted by Gasteiger charge is 2.26. The lowest BCUT2D eigenvalue weighted by Crippen LogP contribution is -2.49. The molecular formula is C22H27N7O5. The lowest BCUT2D eigenvalue weighted by atomic mass is 10.2. The average molecular weight is 470 g/mol. The zero-order chi connectivity index (χ0) is 24.4. The molecule has 0 bridgehead atoms. The molecule has 12 nitrogen and oxygen atoms in total. The van der Waals surface area contributed by atoms with Gasteiger partial charge in [0.25, 0.3) is 11.6 Å². The van der Waals surface area contributed by atoms with E-state index in [1.54, 1.807) is 0 Å². The van der Waals surface area contributed by atoms with E-state index < -0.39 is 4.92 Å². The lowest BCUT2D eigenvalue weighted by Gasteiger charge is -2.35. The summed E-state index contributed by atoms with van der Waals surface area (Å²) in [6, 6.07) is 4.52. The number of nitro benzene ring substituents is 1. The van der Waals surface area contributed by atoms with E-state index in [-0.39, 0.29) is 53.7 Å². The molecule has 2 aliphatic heterocycles. The van der Waals surface area contributed by atoms with Gasteiger partial charge in [-0.1, -0.05) is 13.8 Å². The minimum atomic E-state index is -0.594. The topological polar surface area (TPSA) is 143 Å². The van der Waals surface area contributed by atoms with E-state index in [9.17, 15) is 19.7 Å². The molecule has 4 rings (SSSR count). The highest BCUT2D eigenvalue weighted by Crippen LogP contribution is 2.37. The van der Waals surface area contributed by atoms with Crippen LogP contribution in [0, 0.1) is 17.0 Å². The Morgan fingerprint density at radius 2 is 1.97 bits per heavy atom. The fraction of sp³-hybridized carbons (Fsp3) is 0.455. The average Bonchev–Trinajstić information content (AvgIpc) is 2.78. The molecule has 1 saturated heterocycles. The summed E-state index contributed by atoms with van der Waals surface area (Å²) in [7, 11) is 0. The van der Waals surface area contributed by atoms with Crippen molar-refractivity contribution in [1.29, 1.82) is 0 Å². The first-order chi connectivity index (χ1) is 16.2. The summed E-state index contributed by atoms with van der Waals surface area (Å²) in [6.45, 7) is 8.63. The number of benzene rings is 1. The number of hydrogen-bond donors (Lipinski definition) is 2. The maximum Gasteiger partial charge on any atom is 0.296 e. The van der Waals surface area contributed by atoms with Gasteiger partial charge in [-0.3, -0.25) is 24.6 Å². The van der Waals surface area contributed by atoms with Crippen LogP contribution >= 0.6 is 0 Å². The van der Waals surface area contributed by atoms with Gasteiger partial charge in [-0.15, -0.1) is 0 Å². The van der Waals surface area contributed by atoms with Gasteiger partial charge in [-0.2, -0.15) is 0 Å². The molecule has 1 fully saturated rings. The third-order valence-corrected chi connectivity index (χ3v) is 5.64. The van der Waals surface area contributed by atoms with Gasteiger partial charge in [-0.05, 0) is 13.0 Å². The van der Waals surface area contributed by atoms with Gasteiger partial charge in [-0.25, -0.2) is 9.97 Å². The van der Waals surface area contributed by atoms with Crippen LogP contribution in [0.5, 0.6) is 5.75 Å². The van der Waals surface area contributed by atoms with Gasteiger partial charge < -0.3 is 20.3 Å². The summed E-state index contributed by atoms with van der Waals surface area (Å²) in [5.41, 5.74) is 0.916. The smallest absolute Gasteiger partial charge is 0.296 e. The van der Waals surface area contributed by atoms with E-state index in [1.807, 2.05) is 17.9 Å². The molecule has 180 valence electrons. The van der Waals surface area contributed by atoms with Crippen LogP contribution in [0.1, 0.15) is 31.3 Å². The van der Waals surface area contributed by atoms with Gasteiger partial charge in [0.2, 0.25) is 5.91 Å². The van der Waals surface area contributed by atoms with Crippen molar-refractivity contribution < 1.29 is 19.2 Å². The molecule has 34 heavy (non-hydrogen) atoms. The molecule has 3 heterocycles. The van der Waals surface area contributed by atoms with E-state index in [4.69, 9.17) is 4.74 Å². The van der Waals surface area contributed by atoms with E-state index in [2.05, 4.69) is 39.3 Å². The molecule has 12 heteroatoms. The van der Waals surface area contributed by atoms with E-state index in [0.29, 0.717) is 26.2 Å². The number of amides is 2. The molecule has 2 N–H and O–H groups in total. The number of carbonyl (C=O) groups is 2. The molecule has 2 amide bonds. The van der Waals surface area contributed by atoms with Crippen LogP contribution in [0.2, 0.25) is 0 Å². The molecular weight excluding hydrogens is 442 g/mol. The fourth-order valence-electron chi connectivity index (χ4n) is 3.89. The molecule has 2 aromatic rings. The van der Waals surface area contributed by atoms with E-state index in [1.165, 1.54) is 12.1 Å². The molecule has 0 radical (unpaired) electrons. The summed E-state index contributed by atoms with van der Waals surface area (Å²) in [6.07, 6.45) is 0. The highest BCUT2D eigenvalue weighted by atomic mass is 16.6. The maximum absolute atomic E-state index is 12.7. The Labute approximate surface area is 196 Å². The summed E-state index contributed by atoms with van der Waals surface area (Å²) < 4.78 is 5.23. The molecule has 0 spiro atoms. The Hall–Kier alpha value is -3.80. The zero-order valence-corrected chi connectivity index (χ0v) is 19.3. The molecule has 1 aromatic carbocycles. The predicted molar refractivity (Wildman–Crippen MR) is 125 cm³/mol. The van der Waals surface area contributed by atoms with Gasteiger partial charge >= 0.3 is 0 Å². The Morgan fingerprint density at radius 3 is 2.65 bits per heavy atom. The van der Waals surface area contributed by atoms with Crippen molar-refractivity contribution in [2.24, 2.45) is 0 Å². The Kier molecular flexibility index (Phi) is 6.59. The number of hydrogen-bond acceptors (Lipinski definition) is 9. The third kappa shape index (κ3) is 5.22. The van der Waals surface area contributed by atoms with Crippen LogP contribution in [-0.2, 0) is 9.59 Å². The normalized spacial score (nSPS) is 16.0. The minimum Gasteiger partial charge on any atom is -0.481 e. The van der Waals surface area contributed by atoms with Crippen LogP contribution in [-0.4, -0.2) is 70.9 Å². The van der Waals surface area contributed by atoms with Gasteiger partial charge in [0.1, 0.15) is 17.3 Å². The molecule has 0 saturated carbocycles. The number of rotatable bonds is 6. The van der Waals surface area contributed by atoms with Crippen LogP contribution in [0.3, 0.4) is 0 Å². The highest BCUT2D eigenvalue weighted by molar-refractivity contribution is 6.00. The first-order valence-electron chi connectivity index (χ1n) is 11.1. The number of nitrogens with zero attached hydrogens (tertiary/aromatic N) is 5. The second-order valence-electron chi connectivity index (χ2n) is 8.65. The molecule has 2 aliphatic rings. The number of nitrogens with one attached hydrogen (secondary N) is 2. The molecule has 0 atom stereocenters. The SMILES string of the molecule is Cc1cc(N2CCN(CC(=O)Nc3cc4c(cc3[N+](=O)[O-])OCC(=O)N4)CC2)nc(C(C)C)n1. The number of aryl methyl sites for hydroxylation is 1. The minimum absolute atomic E-state index is 0.0101. The van der Waals surface area contributed by atoms with E-state index >= 15 is 0 Å². The third-order valence-electron chi connectivity index (χ3n) is 5.64. The maximum atomic E-state index is 12.7. The van der Waals surface area contributed by atoms with Crippen molar-refractivity contribution >= 4 is 34.7 Å². The van der Waals surface area contributed by atoms with Crippen LogP contribution < -0.4 is 20.3 Å². The van der Waals surface area contributed by atoms with Crippen LogP contribution in [0.4, 0.5) is 22.9 Å². The van der Waals surface area contributed by atoms with Gasteiger partial charge in [0.05, 0.1) is 23.2 Å². The Bertz CT molecular complexity index is 1130. The lowest BCUT2D eigenvalue weighted by molar-refractivity contribution is -0.384. The first-order valence-corrected chi connectivity index (χ1v) is 11.1. The number of piperazine rings is 1. The number of fused-ring (bicyclic) bond motifs is 1. The van der Waals surface area contributed by atoms with Crippen molar-refractivity contribution in [1.82, 2.24) is 14.9 Å². The first kappa shape index (κ1) is 23.4. The van der Waals surface area contributed by atoms with Crippen molar-refractivity contribution in [2.75, 3.05) is 54.9 Å². The monoisotopic (exact) mass is 469 g/mol. The number of anilines is 3. The molecule has 0 aliphatic carbocycles. The summed E-state index contributed by atoms with van der Waals surface area (Å²) in [5.74, 6) is 1.38. The second kappa shape index (κ2) is 9.59. The van der Waals surface area contributed by atoms with Crippen molar-refractivity contribution in [3.63, 3.8) is 0 Å². The standard InChI is InChI=1S/C22H27N7O5/c1-13(2)22-23-14(3)8-19(26-22)28-6-4-27(5-7-28)11-20(30)24-15-9-16-18(10-17(15)29(32)33)34-12-21(31)25-16/h8-10,13H,4-7,11-12H2,1-3H3,(H,24,30)(H,25,31). The van der Waals surface area contributed by atoms with Crippen LogP contribution in [0.15, 0.2) is 18.2 Å². The Morgan fingerprint density at radius 1 is 1.24 bits per heavy atom. The van der Waals surface area contributed by atoms with Crippen LogP contribution in [0.25, 0.3) is 0 Å². The quantitative estimate of drug-likeness (QED) is 0.479. The van der Waals surface area contributed by atoms with Gasteiger partial charge in [0.15, 0.2) is 12.4 Å². The number of carbonyl (C=O) groups excluding carboxylic acids is 2.